The van der Waals surface area contributed by atoms with Crippen molar-refractivity contribution in [2.24, 2.45) is 11.8 Å². The van der Waals surface area contributed by atoms with Gasteiger partial charge in [-0.2, -0.15) is 0 Å². The second kappa shape index (κ2) is 6.72. The van der Waals surface area contributed by atoms with Gasteiger partial charge in [-0.1, -0.05) is 26.7 Å². The lowest BCUT2D eigenvalue weighted by molar-refractivity contribution is -0.0256. The molecule has 3 nitrogen and oxygen atoms in total. The fourth-order valence-electron chi connectivity index (χ4n) is 3.15. The molecule has 0 aromatic carbocycles. The summed E-state index contributed by atoms with van der Waals surface area (Å²) >= 11 is 0. The SMILES string of the molecule is CCN1CCOC(CNCC2CCCC2C)C1. The molecule has 0 aromatic rings. The Morgan fingerprint density at radius 2 is 2.18 bits per heavy atom. The van der Waals surface area contributed by atoms with Gasteiger partial charge in [0.1, 0.15) is 0 Å². The van der Waals surface area contributed by atoms with Crippen LogP contribution in [0.25, 0.3) is 0 Å². The third-order valence-electron chi connectivity index (χ3n) is 4.49. The molecule has 17 heavy (non-hydrogen) atoms. The molecule has 2 aliphatic rings. The van der Waals surface area contributed by atoms with Crippen LogP contribution in [0.3, 0.4) is 0 Å². The van der Waals surface area contributed by atoms with Crippen molar-refractivity contribution in [3.63, 3.8) is 0 Å². The second-order valence-corrected chi connectivity index (χ2v) is 5.71. The van der Waals surface area contributed by atoms with Crippen molar-refractivity contribution in [2.45, 2.75) is 39.2 Å². The van der Waals surface area contributed by atoms with E-state index in [0.717, 1.165) is 44.6 Å². The Bertz CT molecular complexity index is 222. The van der Waals surface area contributed by atoms with E-state index in [0.29, 0.717) is 6.10 Å². The molecule has 1 aliphatic carbocycles. The van der Waals surface area contributed by atoms with Crippen molar-refractivity contribution in [1.29, 1.82) is 0 Å². The van der Waals surface area contributed by atoms with Gasteiger partial charge in [0, 0.05) is 19.6 Å². The van der Waals surface area contributed by atoms with E-state index in [9.17, 15) is 0 Å². The summed E-state index contributed by atoms with van der Waals surface area (Å²) in [5.74, 6) is 1.82. The van der Waals surface area contributed by atoms with Crippen LogP contribution in [0.5, 0.6) is 0 Å². The van der Waals surface area contributed by atoms with Gasteiger partial charge in [0.15, 0.2) is 0 Å². The quantitative estimate of drug-likeness (QED) is 0.792. The first kappa shape index (κ1) is 13.3. The van der Waals surface area contributed by atoms with Crippen molar-refractivity contribution in [3.8, 4) is 0 Å². The number of ether oxygens (including phenoxy) is 1. The number of rotatable bonds is 5. The van der Waals surface area contributed by atoms with Gasteiger partial charge in [0.2, 0.25) is 0 Å². The molecule has 1 aliphatic heterocycles. The van der Waals surface area contributed by atoms with Gasteiger partial charge >= 0.3 is 0 Å². The highest BCUT2D eigenvalue weighted by Crippen LogP contribution is 2.30. The van der Waals surface area contributed by atoms with Crippen LogP contribution in [-0.4, -0.2) is 50.3 Å². The molecule has 0 radical (unpaired) electrons. The van der Waals surface area contributed by atoms with E-state index in [-0.39, 0.29) is 0 Å². The minimum atomic E-state index is 0.403. The molecule has 2 fully saturated rings. The van der Waals surface area contributed by atoms with Crippen LogP contribution in [0.2, 0.25) is 0 Å². The molecule has 2 rings (SSSR count). The fraction of sp³-hybridized carbons (Fsp3) is 1.00. The van der Waals surface area contributed by atoms with Crippen LogP contribution >= 0.6 is 0 Å². The van der Waals surface area contributed by atoms with E-state index in [1.54, 1.807) is 0 Å². The number of hydrogen-bond donors (Lipinski definition) is 1. The number of likely N-dealkylation sites (N-methyl/N-ethyl adjacent to an activating group) is 1. The van der Waals surface area contributed by atoms with Crippen molar-refractivity contribution in [3.05, 3.63) is 0 Å². The van der Waals surface area contributed by atoms with Gasteiger partial charge in [-0.05, 0) is 31.3 Å². The minimum absolute atomic E-state index is 0.403. The van der Waals surface area contributed by atoms with E-state index < -0.39 is 0 Å². The maximum atomic E-state index is 5.80. The first-order chi connectivity index (χ1) is 8.29. The smallest absolute Gasteiger partial charge is 0.0826 e. The molecule has 1 saturated heterocycles. The monoisotopic (exact) mass is 240 g/mol. The lowest BCUT2D eigenvalue weighted by Crippen LogP contribution is -2.47. The lowest BCUT2D eigenvalue weighted by atomic mass is 9.98. The third-order valence-corrected chi connectivity index (χ3v) is 4.49. The topological polar surface area (TPSA) is 24.5 Å². The highest BCUT2D eigenvalue weighted by Gasteiger charge is 2.24. The summed E-state index contributed by atoms with van der Waals surface area (Å²) in [5, 5.41) is 3.62. The molecule has 3 atom stereocenters. The third kappa shape index (κ3) is 3.94. The zero-order valence-corrected chi connectivity index (χ0v) is 11.5. The molecule has 100 valence electrons. The summed E-state index contributed by atoms with van der Waals surface area (Å²) in [6.07, 6.45) is 4.67. The minimum Gasteiger partial charge on any atom is -0.374 e. The van der Waals surface area contributed by atoms with Crippen LogP contribution in [0.1, 0.15) is 33.1 Å². The summed E-state index contributed by atoms with van der Waals surface area (Å²) in [6, 6.07) is 0. The molecule has 0 bridgehead atoms. The maximum absolute atomic E-state index is 5.80. The molecule has 0 aromatic heterocycles. The van der Waals surface area contributed by atoms with Crippen LogP contribution in [0.15, 0.2) is 0 Å². The molecule has 0 spiro atoms. The number of nitrogens with zero attached hydrogens (tertiary/aromatic N) is 1. The van der Waals surface area contributed by atoms with Gasteiger partial charge in [0.25, 0.3) is 0 Å². The maximum Gasteiger partial charge on any atom is 0.0826 e. The highest BCUT2D eigenvalue weighted by molar-refractivity contribution is 4.78. The predicted molar refractivity (Wildman–Crippen MR) is 71.2 cm³/mol. The van der Waals surface area contributed by atoms with Crippen molar-refractivity contribution in [2.75, 3.05) is 39.3 Å². The van der Waals surface area contributed by atoms with Crippen LogP contribution < -0.4 is 5.32 Å². The van der Waals surface area contributed by atoms with Gasteiger partial charge in [-0.25, -0.2) is 0 Å². The zero-order chi connectivity index (χ0) is 12.1. The summed E-state index contributed by atoms with van der Waals surface area (Å²) in [7, 11) is 0. The van der Waals surface area contributed by atoms with E-state index in [1.165, 1.54) is 25.8 Å². The highest BCUT2D eigenvalue weighted by atomic mass is 16.5. The first-order valence-electron chi connectivity index (χ1n) is 7.34. The summed E-state index contributed by atoms with van der Waals surface area (Å²) in [5.41, 5.74) is 0. The molecule has 0 amide bonds. The number of morpholine rings is 1. The Labute approximate surface area is 106 Å². The summed E-state index contributed by atoms with van der Waals surface area (Å²) in [4.78, 5) is 2.48. The van der Waals surface area contributed by atoms with E-state index in [1.807, 2.05) is 0 Å². The van der Waals surface area contributed by atoms with E-state index >= 15 is 0 Å². The Kier molecular flexibility index (Phi) is 5.26. The molecule has 3 heteroatoms. The van der Waals surface area contributed by atoms with Crippen molar-refractivity contribution in [1.82, 2.24) is 10.2 Å². The van der Waals surface area contributed by atoms with Crippen LogP contribution in [0.4, 0.5) is 0 Å². The molecule has 1 N–H and O–H groups in total. The summed E-state index contributed by atoms with van der Waals surface area (Å²) in [6.45, 7) is 11.1. The first-order valence-corrected chi connectivity index (χ1v) is 7.34. The number of nitrogens with one attached hydrogen (secondary N) is 1. The molecule has 1 heterocycles. The lowest BCUT2D eigenvalue weighted by Gasteiger charge is -2.32. The van der Waals surface area contributed by atoms with Gasteiger partial charge in [-0.15, -0.1) is 0 Å². The van der Waals surface area contributed by atoms with Gasteiger partial charge < -0.3 is 10.1 Å². The van der Waals surface area contributed by atoms with Crippen molar-refractivity contribution < 1.29 is 4.74 Å². The zero-order valence-electron chi connectivity index (χ0n) is 11.5. The Morgan fingerprint density at radius 3 is 2.88 bits per heavy atom. The Balaban J connectivity index is 1.61. The van der Waals surface area contributed by atoms with Crippen LogP contribution in [0, 0.1) is 11.8 Å². The largest absolute Gasteiger partial charge is 0.374 e. The second-order valence-electron chi connectivity index (χ2n) is 5.71. The average Bonchev–Trinajstić information content (AvgIpc) is 2.76. The molecule has 3 unspecified atom stereocenters. The molecular formula is C14H28N2O. The van der Waals surface area contributed by atoms with Gasteiger partial charge in [0.05, 0.1) is 12.7 Å². The molecular weight excluding hydrogens is 212 g/mol. The predicted octanol–water partition coefficient (Wildman–Crippen LogP) is 1.73. The van der Waals surface area contributed by atoms with Crippen LogP contribution in [-0.2, 0) is 4.74 Å². The summed E-state index contributed by atoms with van der Waals surface area (Å²) < 4.78 is 5.80. The normalized spacial score (nSPS) is 35.3. The fourth-order valence-corrected chi connectivity index (χ4v) is 3.15. The van der Waals surface area contributed by atoms with E-state index in [2.05, 4.69) is 24.1 Å². The van der Waals surface area contributed by atoms with Crippen molar-refractivity contribution >= 4 is 0 Å². The standard InChI is InChI=1S/C14H28N2O/c1-3-16-7-8-17-14(11-16)10-15-9-13-6-4-5-12(13)2/h12-15H,3-11H2,1-2H3. The van der Waals surface area contributed by atoms with Gasteiger partial charge in [-0.3, -0.25) is 4.90 Å². The Morgan fingerprint density at radius 1 is 1.29 bits per heavy atom. The Hall–Kier alpha value is -0.120. The average molecular weight is 240 g/mol. The van der Waals surface area contributed by atoms with E-state index in [4.69, 9.17) is 4.74 Å². The number of hydrogen-bond acceptors (Lipinski definition) is 3. The molecule has 1 saturated carbocycles.